The third kappa shape index (κ3) is 17.7. The van der Waals surface area contributed by atoms with Crippen LogP contribution in [0.15, 0.2) is 48.5 Å². The molecule has 20 heteroatoms. The highest BCUT2D eigenvalue weighted by atomic mass is 127. The minimum Gasteiger partial charge on any atom is -0.544 e. The van der Waals surface area contributed by atoms with Crippen molar-refractivity contribution in [1.82, 2.24) is 5.32 Å². The average molecular weight is 1680 g/mol. The molecular formula is C37H34I8N2O10. The Balaban J connectivity index is 0.000000346. The normalized spacial score (nSPS) is 11.6. The number of Topliss-reactive ketones (excluding diaryl/α,β-unsaturated/α-hetero) is 1. The van der Waals surface area contributed by atoms with Crippen molar-refractivity contribution < 1.29 is 54.8 Å². The molecule has 0 aromatic heterocycles. The number of hydrogen-bond donors (Lipinski definition) is 5. The molecule has 2 unspecified atom stereocenters. The number of amides is 1. The third-order valence-corrected chi connectivity index (χ3v) is 13.8. The molecule has 4 rings (SSSR count). The molecule has 0 spiro atoms. The van der Waals surface area contributed by atoms with E-state index in [1.54, 1.807) is 31.2 Å². The highest BCUT2D eigenvalue weighted by Crippen LogP contribution is 2.38. The maximum atomic E-state index is 11.3. The minimum absolute atomic E-state index is 0.177. The number of carbonyl (C=O) groups is 4. The first kappa shape index (κ1) is 53.1. The summed E-state index contributed by atoms with van der Waals surface area (Å²) in [7, 11) is 0. The molecule has 0 aliphatic heterocycles. The van der Waals surface area contributed by atoms with E-state index in [1.807, 2.05) is 83.3 Å². The van der Waals surface area contributed by atoms with Gasteiger partial charge >= 0.3 is 5.97 Å². The molecule has 2 atom stereocenters. The summed E-state index contributed by atoms with van der Waals surface area (Å²) in [6.07, 6.45) is 0.486. The van der Waals surface area contributed by atoms with Crippen LogP contribution in [-0.4, -0.2) is 51.0 Å². The zero-order chi connectivity index (χ0) is 43.5. The Morgan fingerprint density at radius 3 is 1.23 bits per heavy atom. The summed E-state index contributed by atoms with van der Waals surface area (Å²) in [5.74, 6) is 0.908. The van der Waals surface area contributed by atoms with Crippen molar-refractivity contribution in [2.45, 2.75) is 52.6 Å². The van der Waals surface area contributed by atoms with Gasteiger partial charge in [0.25, 0.3) is 0 Å². The number of hydrogen-bond acceptors (Lipinski definition) is 9. The van der Waals surface area contributed by atoms with E-state index >= 15 is 0 Å². The summed E-state index contributed by atoms with van der Waals surface area (Å²) in [6.45, 7) is 6.68. The van der Waals surface area contributed by atoms with Gasteiger partial charge in [-0.2, -0.15) is 0 Å². The number of nitrogens with one attached hydrogen (secondary N) is 1. The largest absolute Gasteiger partial charge is 0.544 e. The van der Waals surface area contributed by atoms with E-state index in [9.17, 15) is 39.6 Å². The number of ketones is 1. The fourth-order valence-corrected chi connectivity index (χ4v) is 11.8. The third-order valence-electron chi connectivity index (χ3n) is 7.28. The number of halogens is 8. The quantitative estimate of drug-likeness (QED) is 0.0855. The van der Waals surface area contributed by atoms with Crippen molar-refractivity contribution in [2.24, 2.45) is 5.92 Å². The summed E-state index contributed by atoms with van der Waals surface area (Å²) in [5.41, 5.74) is 5.24. The van der Waals surface area contributed by atoms with Crippen molar-refractivity contribution in [3.8, 4) is 34.5 Å². The minimum atomic E-state index is -1.16. The van der Waals surface area contributed by atoms with E-state index in [0.717, 1.165) is 25.4 Å². The molecule has 0 heterocycles. The van der Waals surface area contributed by atoms with E-state index in [4.69, 9.17) is 9.47 Å². The molecule has 4 aromatic rings. The van der Waals surface area contributed by atoms with Gasteiger partial charge in [0.1, 0.15) is 40.9 Å². The molecule has 0 bridgehead atoms. The first-order valence-corrected chi connectivity index (χ1v) is 24.8. The van der Waals surface area contributed by atoms with Crippen molar-refractivity contribution in [2.75, 3.05) is 0 Å². The van der Waals surface area contributed by atoms with Gasteiger partial charge in [-0.25, -0.2) is 4.79 Å². The molecule has 12 nitrogen and oxygen atoms in total. The molecule has 0 aliphatic rings. The Kier molecular flexibility index (Phi) is 23.4. The highest BCUT2D eigenvalue weighted by Gasteiger charge is 2.21. The molecular weight excluding hydrogens is 1650 g/mol. The maximum Gasteiger partial charge on any atom is 0.326 e. The smallest absolute Gasteiger partial charge is 0.326 e. The van der Waals surface area contributed by atoms with E-state index in [1.165, 1.54) is 6.92 Å². The van der Waals surface area contributed by atoms with Crippen LogP contribution in [0.3, 0.4) is 0 Å². The Bertz CT molecular complexity index is 2040. The number of aliphatic carboxylic acids is 2. The van der Waals surface area contributed by atoms with Gasteiger partial charge in [-0.15, -0.1) is 0 Å². The van der Waals surface area contributed by atoms with Gasteiger partial charge in [0, 0.05) is 25.7 Å². The van der Waals surface area contributed by atoms with E-state index in [-0.39, 0.29) is 35.5 Å². The predicted molar refractivity (Wildman–Crippen MR) is 281 cm³/mol. The number of carbonyl (C=O) groups excluding carboxylic acids is 3. The van der Waals surface area contributed by atoms with Crippen LogP contribution < -0.4 is 25.6 Å². The zero-order valence-electron chi connectivity index (χ0n) is 30.2. The number of rotatable bonds is 12. The van der Waals surface area contributed by atoms with Crippen molar-refractivity contribution in [1.29, 1.82) is 0 Å². The molecule has 0 saturated carbocycles. The Hall–Kier alpha value is -0.0400. The van der Waals surface area contributed by atoms with Gasteiger partial charge in [0.2, 0.25) is 5.91 Å². The number of quaternary nitrogens is 1. The fourth-order valence-electron chi connectivity index (χ4n) is 4.14. The Morgan fingerprint density at radius 2 is 0.965 bits per heavy atom. The molecule has 1 amide bonds. The van der Waals surface area contributed by atoms with Crippen LogP contribution in [0, 0.1) is 34.5 Å². The maximum absolute atomic E-state index is 11.3. The molecule has 57 heavy (non-hydrogen) atoms. The summed E-state index contributed by atoms with van der Waals surface area (Å²) in [4.78, 5) is 43.5. The van der Waals surface area contributed by atoms with Crippen LogP contribution in [0.25, 0.3) is 0 Å². The van der Waals surface area contributed by atoms with E-state index in [0.29, 0.717) is 43.7 Å². The number of phenolic OH excluding ortho intramolecular Hbond substituents is 2. The van der Waals surface area contributed by atoms with Gasteiger partial charge in [0.05, 0.1) is 34.5 Å². The lowest BCUT2D eigenvalue weighted by atomic mass is 10.1. The number of ether oxygens (including phenoxy) is 2. The van der Waals surface area contributed by atoms with Crippen molar-refractivity contribution in [3.05, 3.63) is 88.2 Å². The molecule has 0 aliphatic carbocycles. The van der Waals surface area contributed by atoms with Crippen LogP contribution in [0.2, 0.25) is 0 Å². The number of benzene rings is 4. The van der Waals surface area contributed by atoms with Gasteiger partial charge in [-0.05, 0) is 247 Å². The summed E-state index contributed by atoms with van der Waals surface area (Å²) in [5, 5.41) is 42.3. The molecule has 0 saturated heterocycles. The summed E-state index contributed by atoms with van der Waals surface area (Å²) in [6, 6.07) is 12.7. The first-order valence-electron chi connectivity index (χ1n) is 16.1. The standard InChI is InChI=1S/C17H13I4NO5.C15H11I4NO4.C5H10O/c1-7(23)22-14(17(25)26)4-8-2-12(20)16(13(21)3-8)27-9-5-10(18)15(24)11(19)6-9;16-8-4-7(5-9(17)13(8)21)24-14-10(18)1-6(2-11(14)19)3-12(20)15(22)23;1-4(2)5(3)6/h2-3,5-6,14,24H,4H2,1H3,(H,22,23)(H,25,26);1-2,4-5,12,21H,3,20H2,(H,22,23);4H,1-3H3. The van der Waals surface area contributed by atoms with Crippen molar-refractivity contribution in [3.63, 3.8) is 0 Å². The average Bonchev–Trinajstić information content (AvgIpc) is 3.09. The molecule has 308 valence electrons. The lowest BCUT2D eigenvalue weighted by Crippen LogP contribution is -2.69. The first-order chi connectivity index (χ1) is 26.4. The topological polar surface area (TPSA) is 210 Å². The molecule has 7 N–H and O–H groups in total. The lowest BCUT2D eigenvalue weighted by molar-refractivity contribution is -0.437. The zero-order valence-corrected chi connectivity index (χ0v) is 47.5. The van der Waals surface area contributed by atoms with Gasteiger partial charge in [-0.3, -0.25) is 9.59 Å². The van der Waals surface area contributed by atoms with Gasteiger partial charge < -0.3 is 45.7 Å². The van der Waals surface area contributed by atoms with Crippen LogP contribution in [0.5, 0.6) is 34.5 Å². The number of phenols is 2. The fraction of sp³-hybridized carbons (Fsp3) is 0.243. The lowest BCUT2D eigenvalue weighted by Gasteiger charge is -2.16. The Labute approximate surface area is 438 Å². The molecule has 4 aromatic carbocycles. The van der Waals surface area contributed by atoms with Crippen LogP contribution in [0.1, 0.15) is 38.8 Å². The number of carboxylic acid groups (broad SMARTS) is 2. The van der Waals surface area contributed by atoms with Crippen LogP contribution >= 0.6 is 181 Å². The van der Waals surface area contributed by atoms with Gasteiger partial charge in [0.15, 0.2) is 11.5 Å². The second kappa shape index (κ2) is 25.2. The summed E-state index contributed by atoms with van der Waals surface area (Å²) < 4.78 is 18.2. The second-order valence-electron chi connectivity index (χ2n) is 12.2. The van der Waals surface area contributed by atoms with E-state index < -0.39 is 24.0 Å². The summed E-state index contributed by atoms with van der Waals surface area (Å²) >= 11 is 16.8. The monoisotopic (exact) mass is 1680 g/mol. The number of carboxylic acids is 2. The highest BCUT2D eigenvalue weighted by molar-refractivity contribution is 14.1. The SMILES string of the molecule is CC(=O)C(C)C.CC(=O)NC(Cc1cc(I)c(Oc2cc(I)c(O)c(I)c2)c(I)c1)C(=O)O.[NH3+]C(Cc1cc(I)c(Oc2cc(I)c(O)c(I)c2)c(I)c1)C(=O)[O-]. The van der Waals surface area contributed by atoms with Crippen LogP contribution in [-0.2, 0) is 32.0 Å². The Morgan fingerprint density at radius 1 is 0.649 bits per heavy atom. The second-order valence-corrected chi connectivity index (χ2v) is 21.5. The van der Waals surface area contributed by atoms with E-state index in [2.05, 4.69) is 147 Å². The van der Waals surface area contributed by atoms with Gasteiger partial charge in [-0.1, -0.05) is 13.8 Å². The van der Waals surface area contributed by atoms with Crippen molar-refractivity contribution >= 4 is 204 Å². The predicted octanol–water partition coefficient (Wildman–Crippen LogP) is 8.47. The molecule has 0 fully saturated rings. The number of aromatic hydroxyl groups is 2. The van der Waals surface area contributed by atoms with Crippen LogP contribution in [0.4, 0.5) is 0 Å². The molecule has 0 radical (unpaired) electrons.